The number of aldehydes is 1. The number of aliphatic hydroxyl groups is 1. The molecular weight excluding hydrogens is 210 g/mol. The molecule has 0 bridgehead atoms. The van der Waals surface area contributed by atoms with Crippen LogP contribution in [0.25, 0.3) is 0 Å². The van der Waals surface area contributed by atoms with Crippen LogP contribution in [0.5, 0.6) is 0 Å². The van der Waals surface area contributed by atoms with Gasteiger partial charge in [-0.1, -0.05) is 12.1 Å². The zero-order valence-corrected chi connectivity index (χ0v) is 8.59. The van der Waals surface area contributed by atoms with E-state index in [0.717, 1.165) is 11.8 Å². The number of aryl methyl sites for hydroxylation is 1. The predicted molar refractivity (Wildman–Crippen MR) is 57.8 cm³/mol. The third-order valence-electron chi connectivity index (χ3n) is 2.25. The number of nitrogens with two attached hydrogens (primary N) is 1. The predicted octanol–water partition coefficient (Wildman–Crippen LogP) is 0.518. The topological polar surface area (TPSA) is 101 Å². The van der Waals surface area contributed by atoms with Crippen molar-refractivity contribution in [2.45, 2.75) is 18.9 Å². The summed E-state index contributed by atoms with van der Waals surface area (Å²) in [5, 5.41) is 17.9. The highest BCUT2D eigenvalue weighted by Crippen LogP contribution is 2.20. The van der Waals surface area contributed by atoms with Crippen LogP contribution >= 0.6 is 0 Å². The molecule has 0 amide bonds. The van der Waals surface area contributed by atoms with Crippen molar-refractivity contribution in [2.24, 2.45) is 0 Å². The summed E-state index contributed by atoms with van der Waals surface area (Å²) in [6, 6.07) is 4.54. The molecule has 1 aromatic carbocycles. The molecule has 0 fully saturated rings. The molecule has 86 valence electrons. The van der Waals surface area contributed by atoms with E-state index >= 15 is 0 Å². The SMILES string of the molecule is Nc1cc(C(O)C(=O)O)ccc1CCC=O. The van der Waals surface area contributed by atoms with Gasteiger partial charge in [-0.15, -0.1) is 0 Å². The number of carboxylic acids is 1. The van der Waals surface area contributed by atoms with Gasteiger partial charge in [-0.3, -0.25) is 0 Å². The Morgan fingerprint density at radius 1 is 1.50 bits per heavy atom. The lowest BCUT2D eigenvalue weighted by Gasteiger charge is -2.09. The van der Waals surface area contributed by atoms with E-state index in [-0.39, 0.29) is 5.56 Å². The fraction of sp³-hybridized carbons (Fsp3) is 0.273. The summed E-state index contributed by atoms with van der Waals surface area (Å²) in [5.41, 5.74) is 7.08. The number of hydrogen-bond acceptors (Lipinski definition) is 4. The Morgan fingerprint density at radius 2 is 2.19 bits per heavy atom. The summed E-state index contributed by atoms with van der Waals surface area (Å²) in [7, 11) is 0. The number of hydrogen-bond donors (Lipinski definition) is 3. The molecule has 1 aromatic rings. The number of carbonyl (C=O) groups excluding carboxylic acids is 1. The van der Waals surface area contributed by atoms with Crippen molar-refractivity contribution >= 4 is 17.9 Å². The first kappa shape index (κ1) is 12.2. The molecule has 0 saturated carbocycles. The lowest BCUT2D eigenvalue weighted by atomic mass is 10.0. The van der Waals surface area contributed by atoms with Crippen LogP contribution in [0.1, 0.15) is 23.7 Å². The summed E-state index contributed by atoms with van der Waals surface area (Å²) in [5.74, 6) is -1.32. The van der Waals surface area contributed by atoms with Crippen molar-refractivity contribution in [1.29, 1.82) is 0 Å². The third-order valence-corrected chi connectivity index (χ3v) is 2.25. The maximum absolute atomic E-state index is 10.5. The number of carbonyl (C=O) groups is 2. The Hall–Kier alpha value is -1.88. The first-order valence-corrected chi connectivity index (χ1v) is 4.79. The highest BCUT2D eigenvalue weighted by Gasteiger charge is 2.16. The maximum Gasteiger partial charge on any atom is 0.337 e. The second-order valence-electron chi connectivity index (χ2n) is 3.40. The van der Waals surface area contributed by atoms with E-state index in [1.807, 2.05) is 0 Å². The summed E-state index contributed by atoms with van der Waals surface area (Å²) < 4.78 is 0. The molecule has 16 heavy (non-hydrogen) atoms. The molecule has 0 aliphatic rings. The molecule has 4 N–H and O–H groups in total. The van der Waals surface area contributed by atoms with Crippen LogP contribution in [0.2, 0.25) is 0 Å². The van der Waals surface area contributed by atoms with Crippen molar-refractivity contribution in [2.75, 3.05) is 5.73 Å². The minimum absolute atomic E-state index is 0.236. The van der Waals surface area contributed by atoms with Crippen LogP contribution in [0, 0.1) is 0 Å². The smallest absolute Gasteiger partial charge is 0.337 e. The van der Waals surface area contributed by atoms with Crippen LogP contribution in [-0.4, -0.2) is 22.5 Å². The fourth-order valence-corrected chi connectivity index (χ4v) is 1.37. The van der Waals surface area contributed by atoms with E-state index < -0.39 is 12.1 Å². The van der Waals surface area contributed by atoms with Crippen LogP contribution in [0.3, 0.4) is 0 Å². The van der Waals surface area contributed by atoms with Gasteiger partial charge in [0.1, 0.15) is 6.29 Å². The second kappa shape index (κ2) is 5.27. The van der Waals surface area contributed by atoms with Gasteiger partial charge in [0.05, 0.1) is 0 Å². The van der Waals surface area contributed by atoms with Gasteiger partial charge in [0.15, 0.2) is 6.10 Å². The highest BCUT2D eigenvalue weighted by atomic mass is 16.4. The van der Waals surface area contributed by atoms with Gasteiger partial charge in [0.25, 0.3) is 0 Å². The molecule has 1 atom stereocenters. The normalized spacial score (nSPS) is 12.1. The zero-order valence-electron chi connectivity index (χ0n) is 8.59. The minimum Gasteiger partial charge on any atom is -0.479 e. The standard InChI is InChI=1S/C11H13NO4/c12-9-6-8(10(14)11(15)16)4-3-7(9)2-1-5-13/h3-6,10,14H,1-2,12H2,(H,15,16). The van der Waals surface area contributed by atoms with E-state index in [2.05, 4.69) is 0 Å². The lowest BCUT2D eigenvalue weighted by molar-refractivity contribution is -0.146. The Morgan fingerprint density at radius 3 is 2.69 bits per heavy atom. The number of anilines is 1. The van der Waals surface area contributed by atoms with Gasteiger partial charge < -0.3 is 20.7 Å². The molecule has 5 nitrogen and oxygen atoms in total. The maximum atomic E-state index is 10.5. The summed E-state index contributed by atoms with van der Waals surface area (Å²) >= 11 is 0. The van der Waals surface area contributed by atoms with Crippen molar-refractivity contribution in [1.82, 2.24) is 0 Å². The number of rotatable bonds is 5. The highest BCUT2D eigenvalue weighted by molar-refractivity contribution is 5.74. The Labute approximate surface area is 92.5 Å². The van der Waals surface area contributed by atoms with E-state index in [0.29, 0.717) is 18.5 Å². The molecule has 5 heteroatoms. The van der Waals surface area contributed by atoms with Gasteiger partial charge in [-0.25, -0.2) is 4.79 Å². The van der Waals surface area contributed by atoms with Gasteiger partial charge in [-0.05, 0) is 23.6 Å². The molecule has 0 spiro atoms. The van der Waals surface area contributed by atoms with E-state index in [1.54, 1.807) is 6.07 Å². The lowest BCUT2D eigenvalue weighted by Crippen LogP contribution is -2.11. The van der Waals surface area contributed by atoms with Gasteiger partial charge >= 0.3 is 5.97 Å². The summed E-state index contributed by atoms with van der Waals surface area (Å²) in [4.78, 5) is 20.7. The first-order valence-electron chi connectivity index (χ1n) is 4.79. The van der Waals surface area contributed by atoms with Crippen LogP contribution in [0.4, 0.5) is 5.69 Å². The van der Waals surface area contributed by atoms with E-state index in [9.17, 15) is 14.7 Å². The molecule has 0 heterocycles. The molecule has 0 aliphatic heterocycles. The average Bonchev–Trinajstić information content (AvgIpc) is 2.26. The Kier molecular flexibility index (Phi) is 4.02. The molecule has 0 radical (unpaired) electrons. The second-order valence-corrected chi connectivity index (χ2v) is 3.40. The molecule has 0 aliphatic carbocycles. The van der Waals surface area contributed by atoms with Gasteiger partial charge in [-0.2, -0.15) is 0 Å². The first-order chi connectivity index (χ1) is 7.56. The fourth-order valence-electron chi connectivity index (χ4n) is 1.37. The quantitative estimate of drug-likeness (QED) is 0.499. The van der Waals surface area contributed by atoms with Crippen LogP contribution in [0.15, 0.2) is 18.2 Å². The Balaban J connectivity index is 2.90. The minimum atomic E-state index is -1.57. The van der Waals surface area contributed by atoms with Gasteiger partial charge in [0, 0.05) is 12.1 Å². The molecule has 0 saturated heterocycles. The third kappa shape index (κ3) is 2.80. The van der Waals surface area contributed by atoms with Gasteiger partial charge in [0.2, 0.25) is 0 Å². The Bertz CT molecular complexity index is 403. The van der Waals surface area contributed by atoms with E-state index in [4.69, 9.17) is 10.8 Å². The number of benzene rings is 1. The summed E-state index contributed by atoms with van der Waals surface area (Å²) in [6.45, 7) is 0. The zero-order chi connectivity index (χ0) is 12.1. The number of aliphatic hydroxyl groups excluding tert-OH is 1. The number of nitrogen functional groups attached to an aromatic ring is 1. The van der Waals surface area contributed by atoms with Crippen molar-refractivity contribution in [3.8, 4) is 0 Å². The van der Waals surface area contributed by atoms with E-state index in [1.165, 1.54) is 12.1 Å². The molecule has 1 rings (SSSR count). The molecular formula is C11H13NO4. The monoisotopic (exact) mass is 223 g/mol. The summed E-state index contributed by atoms with van der Waals surface area (Å²) in [6.07, 6.45) is 0.103. The van der Waals surface area contributed by atoms with Crippen LogP contribution < -0.4 is 5.73 Å². The van der Waals surface area contributed by atoms with Crippen molar-refractivity contribution < 1.29 is 19.8 Å². The molecule has 1 unspecified atom stereocenters. The van der Waals surface area contributed by atoms with Crippen molar-refractivity contribution in [3.63, 3.8) is 0 Å². The van der Waals surface area contributed by atoms with Crippen molar-refractivity contribution in [3.05, 3.63) is 29.3 Å². The average molecular weight is 223 g/mol. The van der Waals surface area contributed by atoms with Crippen LogP contribution in [-0.2, 0) is 16.0 Å². The number of carboxylic acid groups (broad SMARTS) is 1. The largest absolute Gasteiger partial charge is 0.479 e. The number of aliphatic carboxylic acids is 1. The molecule has 0 aromatic heterocycles.